The van der Waals surface area contributed by atoms with Crippen molar-refractivity contribution in [1.82, 2.24) is 9.62 Å². The van der Waals surface area contributed by atoms with E-state index in [1.165, 1.54) is 23.5 Å². The van der Waals surface area contributed by atoms with Crippen LogP contribution in [0.25, 0.3) is 0 Å². The van der Waals surface area contributed by atoms with Crippen LogP contribution in [0.5, 0.6) is 5.75 Å². The molecular formula is C19H30N2O5S. The third-order valence-electron chi connectivity index (χ3n) is 4.42. The van der Waals surface area contributed by atoms with Crippen LogP contribution >= 0.6 is 0 Å². The van der Waals surface area contributed by atoms with E-state index in [1.54, 1.807) is 6.07 Å². The Balaban J connectivity index is 2.11. The molecule has 1 aliphatic rings. The number of sulfonamides is 1. The first-order valence-corrected chi connectivity index (χ1v) is 10.9. The van der Waals surface area contributed by atoms with Gasteiger partial charge in [-0.2, -0.15) is 4.31 Å². The van der Waals surface area contributed by atoms with Gasteiger partial charge in [-0.3, -0.25) is 4.79 Å². The van der Waals surface area contributed by atoms with Crippen LogP contribution in [0.1, 0.15) is 49.9 Å². The Labute approximate surface area is 162 Å². The Kier molecular flexibility index (Phi) is 8.07. The zero-order chi connectivity index (χ0) is 19.9. The largest absolute Gasteiger partial charge is 0.495 e. The molecule has 0 radical (unpaired) electrons. The molecule has 8 heteroatoms. The lowest BCUT2D eigenvalue weighted by atomic mass is 10.2. The first kappa shape index (κ1) is 21.7. The number of ether oxygens (including phenoxy) is 2. The summed E-state index contributed by atoms with van der Waals surface area (Å²) in [5, 5.41) is 2.80. The topological polar surface area (TPSA) is 84.9 Å². The molecule has 0 spiro atoms. The second kappa shape index (κ2) is 10.1. The Morgan fingerprint density at radius 3 is 2.56 bits per heavy atom. The Morgan fingerprint density at radius 2 is 1.93 bits per heavy atom. The first-order valence-electron chi connectivity index (χ1n) is 9.44. The molecule has 1 aromatic carbocycles. The molecule has 1 fully saturated rings. The number of amides is 1. The molecule has 1 aliphatic heterocycles. The van der Waals surface area contributed by atoms with Crippen LogP contribution in [-0.2, 0) is 14.8 Å². The second-order valence-corrected chi connectivity index (χ2v) is 8.77. The van der Waals surface area contributed by atoms with E-state index in [0.29, 0.717) is 38.2 Å². The molecule has 0 aliphatic carbocycles. The fourth-order valence-corrected chi connectivity index (χ4v) is 4.66. The third kappa shape index (κ3) is 5.92. The molecule has 0 atom stereocenters. The van der Waals surface area contributed by atoms with Gasteiger partial charge in [0.05, 0.1) is 13.2 Å². The van der Waals surface area contributed by atoms with Crippen LogP contribution in [0.3, 0.4) is 0 Å². The number of hydrogen-bond donors (Lipinski definition) is 1. The highest BCUT2D eigenvalue weighted by molar-refractivity contribution is 7.89. The second-order valence-electron chi connectivity index (χ2n) is 6.86. The summed E-state index contributed by atoms with van der Waals surface area (Å²) < 4.78 is 38.2. The van der Waals surface area contributed by atoms with Crippen molar-refractivity contribution < 1.29 is 22.7 Å². The minimum atomic E-state index is -3.69. The van der Waals surface area contributed by atoms with Crippen molar-refractivity contribution in [3.05, 3.63) is 23.8 Å². The smallest absolute Gasteiger partial charge is 0.251 e. The van der Waals surface area contributed by atoms with Crippen molar-refractivity contribution in [2.45, 2.75) is 50.5 Å². The average molecular weight is 399 g/mol. The molecule has 1 aromatic rings. The summed E-state index contributed by atoms with van der Waals surface area (Å²) in [6.07, 6.45) is 3.58. The van der Waals surface area contributed by atoms with Crippen LogP contribution in [0.4, 0.5) is 0 Å². The van der Waals surface area contributed by atoms with Gasteiger partial charge in [0.1, 0.15) is 10.6 Å². The number of rotatable bonds is 9. The zero-order valence-corrected chi connectivity index (χ0v) is 17.2. The summed E-state index contributed by atoms with van der Waals surface area (Å²) in [4.78, 5) is 12.4. The minimum absolute atomic E-state index is 0.0442. The van der Waals surface area contributed by atoms with Gasteiger partial charge in [0.15, 0.2) is 0 Å². The van der Waals surface area contributed by atoms with Crippen molar-refractivity contribution in [3.63, 3.8) is 0 Å². The maximum Gasteiger partial charge on any atom is 0.251 e. The number of carbonyl (C=O) groups excluding carboxylic acids is 1. The van der Waals surface area contributed by atoms with E-state index >= 15 is 0 Å². The average Bonchev–Trinajstić information content (AvgIpc) is 2.67. The molecule has 0 unspecified atom stereocenters. The van der Waals surface area contributed by atoms with Crippen molar-refractivity contribution in [2.75, 3.05) is 33.4 Å². The van der Waals surface area contributed by atoms with Crippen molar-refractivity contribution in [2.24, 2.45) is 0 Å². The van der Waals surface area contributed by atoms with Gasteiger partial charge in [0.25, 0.3) is 5.91 Å². The lowest BCUT2D eigenvalue weighted by Gasteiger charge is -2.26. The van der Waals surface area contributed by atoms with E-state index in [-0.39, 0.29) is 22.7 Å². The summed E-state index contributed by atoms with van der Waals surface area (Å²) >= 11 is 0. The maximum absolute atomic E-state index is 13.0. The van der Waals surface area contributed by atoms with E-state index in [1.807, 2.05) is 13.8 Å². The Hall–Kier alpha value is -1.64. The van der Waals surface area contributed by atoms with Gasteiger partial charge < -0.3 is 14.8 Å². The van der Waals surface area contributed by atoms with Crippen LogP contribution in [0.2, 0.25) is 0 Å². The molecule has 1 heterocycles. The van der Waals surface area contributed by atoms with Crippen molar-refractivity contribution in [1.29, 1.82) is 0 Å². The summed E-state index contributed by atoms with van der Waals surface area (Å²) in [5.41, 5.74) is 0.302. The van der Waals surface area contributed by atoms with Crippen LogP contribution < -0.4 is 10.1 Å². The molecule has 1 amide bonds. The van der Waals surface area contributed by atoms with Gasteiger partial charge in [-0.05, 0) is 51.3 Å². The predicted molar refractivity (Wildman–Crippen MR) is 104 cm³/mol. The fourth-order valence-electron chi connectivity index (χ4n) is 2.96. The van der Waals surface area contributed by atoms with Gasteiger partial charge >= 0.3 is 0 Å². The summed E-state index contributed by atoms with van der Waals surface area (Å²) in [5.74, 6) is -0.0558. The van der Waals surface area contributed by atoms with Crippen LogP contribution in [0, 0.1) is 0 Å². The van der Waals surface area contributed by atoms with Gasteiger partial charge in [0, 0.05) is 31.8 Å². The van der Waals surface area contributed by atoms with Gasteiger partial charge in [0.2, 0.25) is 10.0 Å². The lowest BCUT2D eigenvalue weighted by Crippen LogP contribution is -2.36. The van der Waals surface area contributed by atoms with E-state index < -0.39 is 10.0 Å². The highest BCUT2D eigenvalue weighted by Gasteiger charge is 2.29. The molecule has 0 saturated carbocycles. The van der Waals surface area contributed by atoms with Gasteiger partial charge in [-0.1, -0.05) is 6.42 Å². The highest BCUT2D eigenvalue weighted by atomic mass is 32.2. The standard InChI is InChI=1S/C19H30N2O5S/c1-15(2)26-13-7-10-20-19(22)16-8-9-17(25-3)18(14-16)27(23,24)21-11-5-4-6-12-21/h8-9,14-15H,4-7,10-13H2,1-3H3,(H,20,22). The Bertz CT molecular complexity index is 728. The normalized spacial score (nSPS) is 15.7. The monoisotopic (exact) mass is 398 g/mol. The Morgan fingerprint density at radius 1 is 1.22 bits per heavy atom. The summed E-state index contributed by atoms with van der Waals surface area (Å²) in [7, 11) is -2.26. The zero-order valence-electron chi connectivity index (χ0n) is 16.4. The van der Waals surface area contributed by atoms with Crippen LogP contribution in [-0.4, -0.2) is 58.1 Å². The number of nitrogens with one attached hydrogen (secondary N) is 1. The number of hydrogen-bond acceptors (Lipinski definition) is 5. The van der Waals surface area contributed by atoms with Gasteiger partial charge in [-0.15, -0.1) is 0 Å². The molecular weight excluding hydrogens is 368 g/mol. The molecule has 27 heavy (non-hydrogen) atoms. The van der Waals surface area contributed by atoms with E-state index in [2.05, 4.69) is 5.32 Å². The first-order chi connectivity index (χ1) is 12.9. The van der Waals surface area contributed by atoms with E-state index in [9.17, 15) is 13.2 Å². The predicted octanol–water partition coefficient (Wildman–Crippen LogP) is 2.41. The maximum atomic E-state index is 13.0. The quantitative estimate of drug-likeness (QED) is 0.646. The summed E-state index contributed by atoms with van der Waals surface area (Å²) in [6, 6.07) is 4.52. The molecule has 1 N–H and O–H groups in total. The highest BCUT2D eigenvalue weighted by Crippen LogP contribution is 2.29. The number of methoxy groups -OCH3 is 1. The molecule has 0 bridgehead atoms. The van der Waals surface area contributed by atoms with Crippen molar-refractivity contribution >= 4 is 15.9 Å². The number of benzene rings is 1. The van der Waals surface area contributed by atoms with Crippen molar-refractivity contribution in [3.8, 4) is 5.75 Å². The van der Waals surface area contributed by atoms with Crippen LogP contribution in [0.15, 0.2) is 23.1 Å². The summed E-state index contributed by atoms with van der Waals surface area (Å²) in [6.45, 7) is 5.94. The molecule has 1 saturated heterocycles. The fraction of sp³-hybridized carbons (Fsp3) is 0.632. The number of nitrogens with zero attached hydrogens (tertiary/aromatic N) is 1. The SMILES string of the molecule is COc1ccc(C(=O)NCCCOC(C)C)cc1S(=O)(=O)N1CCCCC1. The third-order valence-corrected chi connectivity index (χ3v) is 6.34. The van der Waals surface area contributed by atoms with E-state index in [4.69, 9.17) is 9.47 Å². The van der Waals surface area contributed by atoms with E-state index in [0.717, 1.165) is 19.3 Å². The van der Waals surface area contributed by atoms with Gasteiger partial charge in [-0.25, -0.2) is 8.42 Å². The lowest BCUT2D eigenvalue weighted by molar-refractivity contribution is 0.0757. The molecule has 152 valence electrons. The number of carbonyl (C=O) groups is 1. The minimum Gasteiger partial charge on any atom is -0.495 e. The number of piperidine rings is 1. The molecule has 7 nitrogen and oxygen atoms in total. The molecule has 0 aromatic heterocycles. The molecule has 2 rings (SSSR count).